The van der Waals surface area contributed by atoms with Crippen LogP contribution in [0.25, 0.3) is 0 Å². The number of hydrogen-bond donors (Lipinski definition) is 0. The Bertz CT molecular complexity index is 164. The second-order valence-corrected chi connectivity index (χ2v) is 1.62. The molecule has 0 aromatic rings. The molecule has 0 fully saturated rings. The van der Waals surface area contributed by atoms with Gasteiger partial charge in [0.1, 0.15) is 0 Å². The quantitative estimate of drug-likeness (QED) is 0.450. The first-order chi connectivity index (χ1) is 4.42. The molecular formula is C5H5F3O2. The third-order valence-corrected chi connectivity index (χ3v) is 0.918. The van der Waals surface area contributed by atoms with Gasteiger partial charge in [0, 0.05) is 6.42 Å². The van der Waals surface area contributed by atoms with E-state index in [1.165, 1.54) is 0 Å². The van der Waals surface area contributed by atoms with Crippen molar-refractivity contribution in [2.75, 3.05) is 0 Å². The van der Waals surface area contributed by atoms with E-state index in [1.807, 2.05) is 0 Å². The first-order valence-electron chi connectivity index (χ1n) is 2.54. The molecule has 0 heterocycles. The Morgan fingerprint density at radius 3 is 1.90 bits per heavy atom. The van der Waals surface area contributed by atoms with Crippen molar-refractivity contribution in [3.05, 3.63) is 0 Å². The molecule has 0 aromatic carbocycles. The van der Waals surface area contributed by atoms with Crippen molar-refractivity contribution in [2.45, 2.75) is 19.3 Å². The topological polar surface area (TPSA) is 34.1 Å². The molecule has 2 nitrogen and oxygen atoms in total. The summed E-state index contributed by atoms with van der Waals surface area (Å²) in [7, 11) is 0. The van der Waals surface area contributed by atoms with Crippen LogP contribution in [0.4, 0.5) is 13.2 Å². The van der Waals surface area contributed by atoms with Gasteiger partial charge in [-0.25, -0.2) is 0 Å². The maximum absolute atomic E-state index is 11.9. The van der Waals surface area contributed by atoms with Gasteiger partial charge >= 0.3 is 12.0 Å². The second-order valence-electron chi connectivity index (χ2n) is 1.62. The van der Waals surface area contributed by atoms with Crippen LogP contribution in [0.1, 0.15) is 13.3 Å². The predicted molar refractivity (Wildman–Crippen MR) is 26.4 cm³/mol. The fourth-order valence-electron chi connectivity index (χ4n) is 0.332. The van der Waals surface area contributed by atoms with Crippen molar-refractivity contribution in [1.82, 2.24) is 0 Å². The summed E-state index contributed by atoms with van der Waals surface area (Å²) in [6.45, 7) is 1.12. The summed E-state index contributed by atoms with van der Waals surface area (Å²) in [6, 6.07) is -2.89. The number of hydrogen-bond acceptors (Lipinski definition) is 2. The molecule has 0 aliphatic carbocycles. The lowest BCUT2D eigenvalue weighted by molar-refractivity contribution is -0.164. The third-order valence-electron chi connectivity index (χ3n) is 0.918. The number of Topliss-reactive ketones (excluding diaryl/α,β-unsaturated/α-hetero) is 1. The molecule has 0 aliphatic rings. The molecule has 0 unspecified atom stereocenters. The fraction of sp³-hybridized carbons (Fsp3) is 0.600. The Morgan fingerprint density at radius 1 is 1.40 bits per heavy atom. The smallest absolute Gasteiger partial charge is 0.292 e. The number of rotatable bonds is 3. The van der Waals surface area contributed by atoms with Crippen LogP contribution >= 0.6 is 0 Å². The SMILES string of the molecule is CCC(=O)C(F)(F)C(=O)F. The van der Waals surface area contributed by atoms with Gasteiger partial charge in [-0.15, -0.1) is 0 Å². The van der Waals surface area contributed by atoms with E-state index in [-0.39, 0.29) is 0 Å². The summed E-state index contributed by atoms with van der Waals surface area (Å²) in [6.07, 6.45) is -0.553. The molecule has 0 bridgehead atoms. The molecule has 10 heavy (non-hydrogen) atoms. The number of ketones is 1. The lowest BCUT2D eigenvalue weighted by Gasteiger charge is -2.05. The van der Waals surface area contributed by atoms with Crippen LogP contribution < -0.4 is 0 Å². The normalized spacial score (nSPS) is 11.2. The van der Waals surface area contributed by atoms with Crippen molar-refractivity contribution in [3.63, 3.8) is 0 Å². The summed E-state index contributed by atoms with van der Waals surface area (Å²) < 4.78 is 35.0. The van der Waals surface area contributed by atoms with E-state index in [2.05, 4.69) is 0 Å². The highest BCUT2D eigenvalue weighted by atomic mass is 19.3. The zero-order valence-electron chi connectivity index (χ0n) is 5.16. The van der Waals surface area contributed by atoms with Crippen LogP contribution in [-0.2, 0) is 9.59 Å². The minimum Gasteiger partial charge on any atom is -0.292 e. The monoisotopic (exact) mass is 154 g/mol. The minimum atomic E-state index is -4.44. The Balaban J connectivity index is 4.40. The summed E-state index contributed by atoms with van der Waals surface area (Å²) in [4.78, 5) is 19.5. The maximum atomic E-state index is 11.9. The molecule has 0 radical (unpaired) electrons. The van der Waals surface area contributed by atoms with Crippen LogP contribution in [0.2, 0.25) is 0 Å². The van der Waals surface area contributed by atoms with Gasteiger partial charge in [0.2, 0.25) is 5.78 Å². The molecule has 58 valence electrons. The van der Waals surface area contributed by atoms with Crippen LogP contribution in [0, 0.1) is 0 Å². The van der Waals surface area contributed by atoms with E-state index >= 15 is 0 Å². The Hall–Kier alpha value is -0.870. The van der Waals surface area contributed by atoms with Crippen molar-refractivity contribution in [2.24, 2.45) is 0 Å². The average molecular weight is 154 g/mol. The average Bonchev–Trinajstić information content (AvgIpc) is 1.86. The molecule has 0 aromatic heterocycles. The number of carbonyl (C=O) groups is 2. The zero-order chi connectivity index (χ0) is 8.36. The van der Waals surface area contributed by atoms with Crippen LogP contribution in [0.15, 0.2) is 0 Å². The lowest BCUT2D eigenvalue weighted by Crippen LogP contribution is -2.34. The molecule has 0 atom stereocenters. The van der Waals surface area contributed by atoms with Gasteiger partial charge in [0.15, 0.2) is 0 Å². The standard InChI is InChI=1S/C5H5F3O2/c1-2-3(9)5(7,8)4(6)10/h2H2,1H3. The Kier molecular flexibility index (Phi) is 2.56. The molecule has 0 rings (SSSR count). The largest absolute Gasteiger partial charge is 0.393 e. The second kappa shape index (κ2) is 2.81. The van der Waals surface area contributed by atoms with Crippen molar-refractivity contribution < 1.29 is 22.8 Å². The van der Waals surface area contributed by atoms with Gasteiger partial charge in [-0.3, -0.25) is 9.59 Å². The van der Waals surface area contributed by atoms with Gasteiger partial charge in [0.05, 0.1) is 0 Å². The summed E-state index contributed by atoms with van der Waals surface area (Å²) in [5.41, 5.74) is 0. The lowest BCUT2D eigenvalue weighted by atomic mass is 10.2. The number of carbonyl (C=O) groups excluding carboxylic acids is 2. The van der Waals surface area contributed by atoms with Gasteiger partial charge < -0.3 is 0 Å². The molecule has 0 saturated heterocycles. The minimum absolute atomic E-state index is 0.553. The highest BCUT2D eigenvalue weighted by molar-refractivity contribution is 6.04. The summed E-state index contributed by atoms with van der Waals surface area (Å²) in [5.74, 6) is -6.13. The molecule has 0 N–H and O–H groups in total. The predicted octanol–water partition coefficient (Wildman–Crippen LogP) is 1.10. The first kappa shape index (κ1) is 9.13. The maximum Gasteiger partial charge on any atom is 0.393 e. The van der Waals surface area contributed by atoms with E-state index in [0.717, 1.165) is 6.92 Å². The summed E-state index contributed by atoms with van der Waals surface area (Å²) >= 11 is 0. The van der Waals surface area contributed by atoms with Gasteiger partial charge in [-0.1, -0.05) is 6.92 Å². The van der Waals surface area contributed by atoms with Crippen molar-refractivity contribution >= 4 is 11.8 Å². The molecule has 0 spiro atoms. The van der Waals surface area contributed by atoms with Crippen molar-refractivity contribution in [1.29, 1.82) is 0 Å². The molecular weight excluding hydrogens is 149 g/mol. The van der Waals surface area contributed by atoms with Crippen LogP contribution in [0.3, 0.4) is 0 Å². The van der Waals surface area contributed by atoms with E-state index in [1.54, 1.807) is 0 Å². The van der Waals surface area contributed by atoms with Crippen LogP contribution in [-0.4, -0.2) is 17.7 Å². The molecule has 5 heteroatoms. The first-order valence-corrected chi connectivity index (χ1v) is 2.54. The van der Waals surface area contributed by atoms with Crippen LogP contribution in [0.5, 0.6) is 0 Å². The summed E-state index contributed by atoms with van der Waals surface area (Å²) in [5, 5.41) is 0. The molecule has 0 aliphatic heterocycles. The van der Waals surface area contributed by atoms with Gasteiger partial charge in [-0.2, -0.15) is 13.2 Å². The highest BCUT2D eigenvalue weighted by Crippen LogP contribution is 2.18. The zero-order valence-corrected chi connectivity index (χ0v) is 5.16. The Labute approximate surface area is 55.0 Å². The van der Waals surface area contributed by atoms with E-state index in [4.69, 9.17) is 0 Å². The van der Waals surface area contributed by atoms with Gasteiger partial charge in [-0.05, 0) is 0 Å². The fourth-order valence-corrected chi connectivity index (χ4v) is 0.332. The van der Waals surface area contributed by atoms with Crippen molar-refractivity contribution in [3.8, 4) is 0 Å². The van der Waals surface area contributed by atoms with Gasteiger partial charge in [0.25, 0.3) is 0 Å². The molecule has 0 amide bonds. The number of halogens is 3. The highest BCUT2D eigenvalue weighted by Gasteiger charge is 2.46. The Morgan fingerprint density at radius 2 is 1.80 bits per heavy atom. The molecule has 0 saturated carbocycles. The van der Waals surface area contributed by atoms with E-state index < -0.39 is 24.2 Å². The van der Waals surface area contributed by atoms with E-state index in [9.17, 15) is 22.8 Å². The third kappa shape index (κ3) is 1.55. The number of alkyl halides is 2. The van der Waals surface area contributed by atoms with E-state index in [0.29, 0.717) is 0 Å².